The van der Waals surface area contributed by atoms with Crippen molar-refractivity contribution in [3.05, 3.63) is 59.8 Å². The lowest BCUT2D eigenvalue weighted by Crippen LogP contribution is -2.42. The third kappa shape index (κ3) is 5.87. The van der Waals surface area contributed by atoms with Gasteiger partial charge in [0.2, 0.25) is 0 Å². The molecule has 1 amide bonds. The van der Waals surface area contributed by atoms with Crippen LogP contribution in [0.4, 0.5) is 10.1 Å². The maximum absolute atomic E-state index is 14.5. The number of amides is 1. The van der Waals surface area contributed by atoms with E-state index in [9.17, 15) is 17.6 Å². The molecule has 12 heteroatoms. The van der Waals surface area contributed by atoms with E-state index in [2.05, 4.69) is 14.6 Å². The first kappa shape index (κ1) is 27.4. The van der Waals surface area contributed by atoms with E-state index in [1.807, 2.05) is 13.0 Å². The van der Waals surface area contributed by atoms with Crippen LogP contribution in [0.2, 0.25) is 0 Å². The second kappa shape index (κ2) is 11.5. The first-order valence-corrected chi connectivity index (χ1v) is 14.8. The van der Waals surface area contributed by atoms with Gasteiger partial charge in [-0.15, -0.1) is 0 Å². The highest BCUT2D eigenvalue weighted by atomic mass is 32.2. The first-order chi connectivity index (χ1) is 18.8. The Morgan fingerprint density at radius 1 is 1.23 bits per heavy atom. The van der Waals surface area contributed by atoms with Gasteiger partial charge in [0.25, 0.3) is 5.91 Å². The lowest BCUT2D eigenvalue weighted by molar-refractivity contribution is 0.0250. The van der Waals surface area contributed by atoms with Gasteiger partial charge in [-0.25, -0.2) is 14.1 Å². The van der Waals surface area contributed by atoms with Crippen molar-refractivity contribution in [3.8, 4) is 5.75 Å². The molecule has 3 aromatic rings. The summed E-state index contributed by atoms with van der Waals surface area (Å²) in [6.45, 7) is 4.17. The van der Waals surface area contributed by atoms with Crippen molar-refractivity contribution in [2.45, 2.75) is 51.2 Å². The molecule has 4 heterocycles. The van der Waals surface area contributed by atoms with Crippen LogP contribution in [0.5, 0.6) is 5.75 Å². The smallest absolute Gasteiger partial charge is 0.303 e. The van der Waals surface area contributed by atoms with Gasteiger partial charge in [-0.05, 0) is 49.6 Å². The number of fused-ring (bicyclic) bond motifs is 1. The number of carbonyl (C=O) groups excluding carboxylic acids is 1. The molecule has 1 N–H and O–H groups in total. The lowest BCUT2D eigenvalue weighted by Gasteiger charge is -2.30. The fourth-order valence-electron chi connectivity index (χ4n) is 5.25. The molecule has 0 bridgehead atoms. The van der Waals surface area contributed by atoms with E-state index < -0.39 is 16.1 Å². The van der Waals surface area contributed by atoms with Crippen LogP contribution in [0, 0.1) is 5.82 Å². The second-order valence-corrected chi connectivity index (χ2v) is 11.8. The van der Waals surface area contributed by atoms with Crippen LogP contribution in [0.25, 0.3) is 5.65 Å². The Labute approximate surface area is 227 Å². The van der Waals surface area contributed by atoms with Crippen molar-refractivity contribution in [1.82, 2.24) is 18.4 Å². The van der Waals surface area contributed by atoms with Gasteiger partial charge in [-0.1, -0.05) is 6.92 Å². The Hall–Kier alpha value is -3.22. The van der Waals surface area contributed by atoms with Gasteiger partial charge in [-0.3, -0.25) is 9.20 Å². The molecule has 1 atom stereocenters. The van der Waals surface area contributed by atoms with E-state index in [1.165, 1.54) is 19.3 Å². The summed E-state index contributed by atoms with van der Waals surface area (Å²) in [5.74, 6) is -0.419. The van der Waals surface area contributed by atoms with Gasteiger partial charge < -0.3 is 14.4 Å². The topological polar surface area (TPSA) is 105 Å². The number of nitrogens with one attached hydrogen (secondary N) is 1. The van der Waals surface area contributed by atoms with Gasteiger partial charge in [0.1, 0.15) is 29.0 Å². The first-order valence-electron chi connectivity index (χ1n) is 13.3. The maximum Gasteiger partial charge on any atom is 0.303 e. The molecule has 1 unspecified atom stereocenters. The Bertz CT molecular complexity index is 1440. The Balaban J connectivity index is 1.43. The average molecular weight is 560 g/mol. The predicted octanol–water partition coefficient (Wildman–Crippen LogP) is 3.69. The second-order valence-electron chi connectivity index (χ2n) is 9.98. The van der Waals surface area contributed by atoms with Crippen molar-refractivity contribution < 1.29 is 27.1 Å². The monoisotopic (exact) mass is 559 g/mol. The fourth-order valence-corrected chi connectivity index (χ4v) is 6.17. The number of anilines is 1. The largest absolute Gasteiger partial charge is 0.490 e. The summed E-state index contributed by atoms with van der Waals surface area (Å²) in [4.78, 5) is 19.4. The molecule has 1 aromatic carbocycles. The summed E-state index contributed by atoms with van der Waals surface area (Å²) < 4.78 is 56.1. The minimum absolute atomic E-state index is 0.0221. The number of hydrogen-bond acceptors (Lipinski definition) is 7. The van der Waals surface area contributed by atoms with Crippen LogP contribution >= 0.6 is 0 Å². The molecular formula is C27H34FN5O5S. The number of rotatable bonds is 9. The van der Waals surface area contributed by atoms with Gasteiger partial charge in [0.15, 0.2) is 0 Å². The molecule has 2 aliphatic heterocycles. The molecule has 0 radical (unpaired) electrons. The number of benzene rings is 1. The number of aromatic nitrogens is 2. The van der Waals surface area contributed by atoms with Crippen molar-refractivity contribution >= 4 is 27.5 Å². The lowest BCUT2D eigenvalue weighted by atomic mass is 10.0. The van der Waals surface area contributed by atoms with Crippen LogP contribution in [0.15, 0.2) is 42.7 Å². The molecule has 2 aromatic heterocycles. The molecule has 5 rings (SSSR count). The zero-order chi connectivity index (χ0) is 27.6. The van der Waals surface area contributed by atoms with Crippen LogP contribution < -0.4 is 14.4 Å². The third-order valence-corrected chi connectivity index (χ3v) is 8.72. The highest BCUT2D eigenvalue weighted by molar-refractivity contribution is 7.87. The standard InChI is InChI=1S/C27H34FN5O5S/c1-3-12-31(2)39(35,36)30-27(34)24-17-29-26-9-7-20(18-33(24)26)32-13-4-5-23(32)22-16-19(28)6-8-25(22)38-21-10-14-37-15-11-21/h6-9,16-18,21,23H,3-5,10-15H2,1-2H3,(H,30,34). The van der Waals surface area contributed by atoms with Gasteiger partial charge in [0, 0.05) is 44.7 Å². The highest BCUT2D eigenvalue weighted by Crippen LogP contribution is 2.41. The third-order valence-electron chi connectivity index (χ3n) is 7.27. The van der Waals surface area contributed by atoms with Crippen LogP contribution in [0.1, 0.15) is 61.1 Å². The van der Waals surface area contributed by atoms with Gasteiger partial charge in [-0.2, -0.15) is 12.7 Å². The van der Waals surface area contributed by atoms with Crippen LogP contribution in [0.3, 0.4) is 0 Å². The molecule has 2 fully saturated rings. The zero-order valence-electron chi connectivity index (χ0n) is 22.2. The minimum Gasteiger partial charge on any atom is -0.490 e. The molecule has 210 valence electrons. The molecule has 0 spiro atoms. The average Bonchev–Trinajstić information content (AvgIpc) is 3.57. The minimum atomic E-state index is -3.98. The van der Waals surface area contributed by atoms with Gasteiger partial charge in [0.05, 0.1) is 31.1 Å². The molecule has 0 saturated carbocycles. The number of nitrogens with zero attached hydrogens (tertiary/aromatic N) is 4. The summed E-state index contributed by atoms with van der Waals surface area (Å²) in [5.41, 5.74) is 2.20. The summed E-state index contributed by atoms with van der Waals surface area (Å²) in [6.07, 6.45) is 7.06. The quantitative estimate of drug-likeness (QED) is 0.426. The summed E-state index contributed by atoms with van der Waals surface area (Å²) in [6, 6.07) is 8.23. The number of pyridine rings is 1. The summed E-state index contributed by atoms with van der Waals surface area (Å²) >= 11 is 0. The summed E-state index contributed by atoms with van der Waals surface area (Å²) in [7, 11) is -2.56. The van der Waals surface area contributed by atoms with Crippen LogP contribution in [-0.2, 0) is 14.9 Å². The Morgan fingerprint density at radius 3 is 2.79 bits per heavy atom. The van der Waals surface area contributed by atoms with Crippen molar-refractivity contribution in [1.29, 1.82) is 0 Å². The van der Waals surface area contributed by atoms with Crippen molar-refractivity contribution in [3.63, 3.8) is 0 Å². The van der Waals surface area contributed by atoms with Gasteiger partial charge >= 0.3 is 10.2 Å². The highest BCUT2D eigenvalue weighted by Gasteiger charge is 2.31. The van der Waals surface area contributed by atoms with Crippen molar-refractivity contribution in [2.24, 2.45) is 0 Å². The van der Waals surface area contributed by atoms with E-state index in [-0.39, 0.29) is 30.2 Å². The number of imidazole rings is 1. The van der Waals surface area contributed by atoms with E-state index in [0.29, 0.717) is 31.0 Å². The number of hydrogen-bond donors (Lipinski definition) is 1. The summed E-state index contributed by atoms with van der Waals surface area (Å²) in [5, 5.41) is 0. The Morgan fingerprint density at radius 2 is 2.03 bits per heavy atom. The fraction of sp³-hybridized carbons (Fsp3) is 0.481. The van der Waals surface area contributed by atoms with E-state index in [4.69, 9.17) is 9.47 Å². The van der Waals surface area contributed by atoms with E-state index >= 15 is 0 Å². The number of ether oxygens (including phenoxy) is 2. The molecule has 0 aliphatic carbocycles. The molecule has 2 saturated heterocycles. The SMILES string of the molecule is CCCN(C)S(=O)(=O)NC(=O)c1cnc2ccc(N3CCCC3c3cc(F)ccc3OC3CCOCC3)cn12. The number of halogens is 1. The van der Waals surface area contributed by atoms with Crippen molar-refractivity contribution in [2.75, 3.05) is 38.3 Å². The Kier molecular flexibility index (Phi) is 8.06. The maximum atomic E-state index is 14.5. The molecule has 2 aliphatic rings. The number of carbonyl (C=O) groups is 1. The molecular weight excluding hydrogens is 525 g/mol. The van der Waals surface area contributed by atoms with Crippen LogP contribution in [-0.4, -0.2) is 67.5 Å². The molecule has 39 heavy (non-hydrogen) atoms. The van der Waals surface area contributed by atoms with E-state index in [1.54, 1.807) is 28.8 Å². The van der Waals surface area contributed by atoms with E-state index in [0.717, 1.165) is 47.8 Å². The molecule has 10 nitrogen and oxygen atoms in total. The zero-order valence-corrected chi connectivity index (χ0v) is 23.0. The predicted molar refractivity (Wildman–Crippen MR) is 145 cm³/mol. The normalized spacial score (nSPS) is 18.7.